The number of hydrogen-bond acceptors (Lipinski definition) is 4. The van der Waals surface area contributed by atoms with Crippen molar-refractivity contribution in [2.45, 2.75) is 72.8 Å². The molecule has 0 aliphatic heterocycles. The van der Waals surface area contributed by atoms with Crippen LogP contribution < -0.4 is 0 Å². The van der Waals surface area contributed by atoms with E-state index in [9.17, 15) is 0 Å². The SMILES string of the molecule is CCCO[Si](COC(C)(C)CC)(OCCC)OCCC. The van der Waals surface area contributed by atoms with Crippen molar-refractivity contribution in [1.29, 1.82) is 0 Å². The summed E-state index contributed by atoms with van der Waals surface area (Å²) in [6.45, 7) is 14.6. The molecule has 122 valence electrons. The van der Waals surface area contributed by atoms with Crippen molar-refractivity contribution in [2.75, 3.05) is 26.1 Å². The van der Waals surface area contributed by atoms with E-state index in [4.69, 9.17) is 18.0 Å². The zero-order valence-corrected chi connectivity index (χ0v) is 15.3. The Labute approximate surface area is 126 Å². The lowest BCUT2D eigenvalue weighted by molar-refractivity contribution is -0.0411. The van der Waals surface area contributed by atoms with Gasteiger partial charge in [0.2, 0.25) is 0 Å². The molecule has 0 bridgehead atoms. The van der Waals surface area contributed by atoms with Crippen molar-refractivity contribution in [3.63, 3.8) is 0 Å². The van der Waals surface area contributed by atoms with Gasteiger partial charge in [0, 0.05) is 19.8 Å². The van der Waals surface area contributed by atoms with Crippen molar-refractivity contribution in [2.24, 2.45) is 0 Å². The maximum Gasteiger partial charge on any atom is 0.528 e. The number of ether oxygens (including phenoxy) is 1. The normalized spacial score (nSPS) is 12.9. The fourth-order valence-corrected chi connectivity index (χ4v) is 4.02. The maximum absolute atomic E-state index is 6.02. The van der Waals surface area contributed by atoms with Crippen LogP contribution in [0, 0.1) is 0 Å². The molecule has 0 atom stereocenters. The van der Waals surface area contributed by atoms with Crippen LogP contribution >= 0.6 is 0 Å². The summed E-state index contributed by atoms with van der Waals surface area (Å²) in [4.78, 5) is 0. The molecule has 0 fully saturated rings. The van der Waals surface area contributed by atoms with E-state index in [-0.39, 0.29) is 5.60 Å². The van der Waals surface area contributed by atoms with Crippen LogP contribution in [0.3, 0.4) is 0 Å². The summed E-state index contributed by atoms with van der Waals surface area (Å²) >= 11 is 0. The molecule has 0 spiro atoms. The van der Waals surface area contributed by atoms with Gasteiger partial charge in [-0.15, -0.1) is 0 Å². The Morgan fingerprint density at radius 2 is 1.15 bits per heavy atom. The first-order valence-electron chi connectivity index (χ1n) is 8.01. The smallest absolute Gasteiger partial charge is 0.372 e. The van der Waals surface area contributed by atoms with Gasteiger partial charge in [0.1, 0.15) is 6.23 Å². The Bertz CT molecular complexity index is 212. The molecule has 0 saturated carbocycles. The van der Waals surface area contributed by atoms with E-state index in [2.05, 4.69) is 41.5 Å². The molecule has 0 aromatic rings. The molecule has 0 rings (SSSR count). The van der Waals surface area contributed by atoms with E-state index in [1.807, 2.05) is 0 Å². The first-order valence-corrected chi connectivity index (χ1v) is 9.94. The standard InChI is InChI=1S/C15H34O4Si/c1-7-11-17-20(18-12-8-2,19-13-9-3)14-16-15(5,6)10-4/h7-14H2,1-6H3. The number of rotatable bonds is 13. The molecule has 0 unspecified atom stereocenters. The van der Waals surface area contributed by atoms with Gasteiger partial charge in [-0.25, -0.2) is 0 Å². The highest BCUT2D eigenvalue weighted by Crippen LogP contribution is 2.19. The lowest BCUT2D eigenvalue weighted by Gasteiger charge is -2.33. The van der Waals surface area contributed by atoms with E-state index < -0.39 is 8.80 Å². The quantitative estimate of drug-likeness (QED) is 0.483. The van der Waals surface area contributed by atoms with Crippen molar-refractivity contribution >= 4 is 8.80 Å². The average molecular weight is 307 g/mol. The van der Waals surface area contributed by atoms with Crippen LogP contribution in [-0.2, 0) is 18.0 Å². The fraction of sp³-hybridized carbons (Fsp3) is 1.00. The number of hydrogen-bond donors (Lipinski definition) is 0. The van der Waals surface area contributed by atoms with E-state index in [1.165, 1.54) is 0 Å². The average Bonchev–Trinajstić information content (AvgIpc) is 2.46. The first-order chi connectivity index (χ1) is 9.45. The van der Waals surface area contributed by atoms with E-state index >= 15 is 0 Å². The van der Waals surface area contributed by atoms with Crippen molar-refractivity contribution in [1.82, 2.24) is 0 Å². The first kappa shape index (κ1) is 20.1. The summed E-state index contributed by atoms with van der Waals surface area (Å²) in [5.74, 6) is 0. The van der Waals surface area contributed by atoms with Crippen molar-refractivity contribution < 1.29 is 18.0 Å². The van der Waals surface area contributed by atoms with E-state index in [0.717, 1.165) is 25.7 Å². The minimum absolute atomic E-state index is 0.168. The molecule has 0 N–H and O–H groups in total. The molecule has 0 radical (unpaired) electrons. The second-order valence-electron chi connectivity index (χ2n) is 5.63. The zero-order chi connectivity index (χ0) is 15.5. The third kappa shape index (κ3) is 8.37. The summed E-state index contributed by atoms with van der Waals surface area (Å²) < 4.78 is 24.0. The van der Waals surface area contributed by atoms with Gasteiger partial charge in [0.15, 0.2) is 0 Å². The second-order valence-corrected chi connectivity index (χ2v) is 8.15. The van der Waals surface area contributed by atoms with Gasteiger partial charge in [-0.1, -0.05) is 27.7 Å². The molecule has 0 amide bonds. The minimum atomic E-state index is -2.71. The van der Waals surface area contributed by atoms with E-state index in [1.54, 1.807) is 0 Å². The highest BCUT2D eigenvalue weighted by Gasteiger charge is 2.43. The van der Waals surface area contributed by atoms with Crippen LogP contribution in [0.2, 0.25) is 0 Å². The highest BCUT2D eigenvalue weighted by atomic mass is 28.4. The Morgan fingerprint density at radius 3 is 1.45 bits per heavy atom. The minimum Gasteiger partial charge on any atom is -0.372 e. The van der Waals surface area contributed by atoms with Gasteiger partial charge in [-0.05, 0) is 39.5 Å². The summed E-state index contributed by atoms with van der Waals surface area (Å²) in [5.41, 5.74) is -0.168. The molecule has 0 heterocycles. The third-order valence-electron chi connectivity index (χ3n) is 3.07. The van der Waals surface area contributed by atoms with Crippen molar-refractivity contribution in [3.05, 3.63) is 0 Å². The molecule has 0 aromatic heterocycles. The lowest BCUT2D eigenvalue weighted by atomic mass is 10.1. The van der Waals surface area contributed by atoms with Crippen LogP contribution in [0.25, 0.3) is 0 Å². The van der Waals surface area contributed by atoms with Gasteiger partial charge in [0.25, 0.3) is 0 Å². The summed E-state index contributed by atoms with van der Waals surface area (Å²) in [6.07, 6.45) is 4.26. The molecule has 0 saturated heterocycles. The Balaban J connectivity index is 4.74. The fourth-order valence-electron chi connectivity index (χ4n) is 1.41. The third-order valence-corrected chi connectivity index (χ3v) is 5.50. The van der Waals surface area contributed by atoms with Crippen LogP contribution in [0.4, 0.5) is 0 Å². The molecule has 0 aromatic carbocycles. The molecule has 0 aliphatic rings. The molecule has 5 heteroatoms. The molecular weight excluding hydrogens is 272 g/mol. The van der Waals surface area contributed by atoms with Gasteiger partial charge >= 0.3 is 8.80 Å². The largest absolute Gasteiger partial charge is 0.528 e. The zero-order valence-electron chi connectivity index (χ0n) is 14.3. The summed E-state index contributed by atoms with van der Waals surface area (Å²) in [6, 6.07) is 0. The molecule has 4 nitrogen and oxygen atoms in total. The highest BCUT2D eigenvalue weighted by molar-refractivity contribution is 6.60. The van der Waals surface area contributed by atoms with Crippen LogP contribution in [0.15, 0.2) is 0 Å². The Kier molecular flexibility index (Phi) is 10.8. The molecule has 0 aliphatic carbocycles. The van der Waals surface area contributed by atoms with Crippen LogP contribution in [-0.4, -0.2) is 40.5 Å². The summed E-state index contributed by atoms with van der Waals surface area (Å²) in [7, 11) is -2.71. The van der Waals surface area contributed by atoms with Crippen molar-refractivity contribution in [3.8, 4) is 0 Å². The maximum atomic E-state index is 6.02. The topological polar surface area (TPSA) is 36.9 Å². The van der Waals surface area contributed by atoms with Gasteiger partial charge in [-0.2, -0.15) is 0 Å². The predicted molar refractivity (Wildman–Crippen MR) is 84.8 cm³/mol. The predicted octanol–water partition coefficient (Wildman–Crippen LogP) is 3.95. The second kappa shape index (κ2) is 10.7. The van der Waals surface area contributed by atoms with Crippen LogP contribution in [0.1, 0.15) is 67.2 Å². The Morgan fingerprint density at radius 1 is 0.750 bits per heavy atom. The van der Waals surface area contributed by atoms with Gasteiger partial charge < -0.3 is 18.0 Å². The monoisotopic (exact) mass is 306 g/mol. The van der Waals surface area contributed by atoms with Gasteiger partial charge in [-0.3, -0.25) is 0 Å². The van der Waals surface area contributed by atoms with Crippen LogP contribution in [0.5, 0.6) is 0 Å². The molecule has 20 heavy (non-hydrogen) atoms. The Hall–Kier alpha value is 0.0569. The van der Waals surface area contributed by atoms with Gasteiger partial charge in [0.05, 0.1) is 5.60 Å². The summed E-state index contributed by atoms with van der Waals surface area (Å²) in [5, 5.41) is 0. The lowest BCUT2D eigenvalue weighted by Crippen LogP contribution is -2.53. The molecular formula is C15H34O4Si. The van der Waals surface area contributed by atoms with E-state index in [0.29, 0.717) is 26.1 Å².